The summed E-state index contributed by atoms with van der Waals surface area (Å²) in [5, 5.41) is 5.29. The van der Waals surface area contributed by atoms with Gasteiger partial charge in [0.15, 0.2) is 11.2 Å². The van der Waals surface area contributed by atoms with Crippen molar-refractivity contribution in [3.63, 3.8) is 0 Å². The van der Waals surface area contributed by atoms with E-state index in [0.29, 0.717) is 17.5 Å². The number of amides is 1. The molecule has 0 fully saturated rings. The molecule has 1 aromatic heterocycles. The minimum atomic E-state index is -0.657. The molecule has 5 nitrogen and oxygen atoms in total. The van der Waals surface area contributed by atoms with Crippen molar-refractivity contribution >= 4 is 22.4 Å². The number of benzene rings is 3. The van der Waals surface area contributed by atoms with E-state index >= 15 is 0 Å². The first-order chi connectivity index (χ1) is 15.6. The monoisotopic (exact) mass is 444 g/mol. The van der Waals surface area contributed by atoms with Gasteiger partial charge in [-0.1, -0.05) is 42.5 Å². The number of carbonyl (C=O) groups excluding carboxylic acids is 1. The van der Waals surface area contributed by atoms with Crippen LogP contribution >= 0.6 is 11.3 Å². The Morgan fingerprint density at radius 2 is 1.53 bits per heavy atom. The molecule has 0 aliphatic carbocycles. The Labute approximate surface area is 191 Å². The van der Waals surface area contributed by atoms with Gasteiger partial charge in [-0.3, -0.25) is 10.1 Å². The van der Waals surface area contributed by atoms with Crippen LogP contribution in [0.4, 0.5) is 5.13 Å². The molecule has 3 aromatic carbocycles. The third-order valence-electron chi connectivity index (χ3n) is 4.84. The van der Waals surface area contributed by atoms with Gasteiger partial charge in [0.1, 0.15) is 11.5 Å². The molecule has 0 aliphatic heterocycles. The van der Waals surface area contributed by atoms with Crippen molar-refractivity contribution in [3.8, 4) is 33.9 Å². The van der Waals surface area contributed by atoms with E-state index in [2.05, 4.69) is 22.4 Å². The van der Waals surface area contributed by atoms with Gasteiger partial charge >= 0.3 is 0 Å². The fourth-order valence-corrected chi connectivity index (χ4v) is 3.90. The van der Waals surface area contributed by atoms with Crippen molar-refractivity contribution in [2.45, 2.75) is 20.0 Å². The summed E-state index contributed by atoms with van der Waals surface area (Å²) in [7, 11) is 0. The van der Waals surface area contributed by atoms with Crippen molar-refractivity contribution in [1.29, 1.82) is 0 Å². The second-order valence-electron chi connectivity index (χ2n) is 7.14. The third-order valence-corrected chi connectivity index (χ3v) is 5.60. The Balaban J connectivity index is 1.35. The number of hydrogen-bond donors (Lipinski definition) is 1. The number of rotatable bonds is 8. The Hall–Kier alpha value is -3.64. The summed E-state index contributed by atoms with van der Waals surface area (Å²) in [6.45, 7) is 4.30. The number of hydrogen-bond acceptors (Lipinski definition) is 5. The van der Waals surface area contributed by atoms with Crippen LogP contribution in [0.2, 0.25) is 0 Å². The Kier molecular flexibility index (Phi) is 6.82. The van der Waals surface area contributed by atoms with E-state index in [-0.39, 0.29) is 5.91 Å². The molecule has 4 rings (SSSR count). The molecule has 32 heavy (non-hydrogen) atoms. The minimum absolute atomic E-state index is 0.246. The van der Waals surface area contributed by atoms with Gasteiger partial charge in [-0.25, -0.2) is 4.98 Å². The van der Waals surface area contributed by atoms with Gasteiger partial charge in [0.05, 0.1) is 12.3 Å². The highest BCUT2D eigenvalue weighted by atomic mass is 32.1. The predicted molar refractivity (Wildman–Crippen MR) is 129 cm³/mol. The van der Waals surface area contributed by atoms with E-state index < -0.39 is 6.10 Å². The number of aromatic nitrogens is 1. The fourth-order valence-electron chi connectivity index (χ4n) is 3.17. The molecule has 0 aliphatic rings. The highest BCUT2D eigenvalue weighted by Gasteiger charge is 2.17. The van der Waals surface area contributed by atoms with Crippen molar-refractivity contribution in [2.24, 2.45) is 0 Å². The maximum Gasteiger partial charge on any atom is 0.266 e. The lowest BCUT2D eigenvalue weighted by Gasteiger charge is -2.14. The fraction of sp³-hybridized carbons (Fsp3) is 0.154. The van der Waals surface area contributed by atoms with Crippen molar-refractivity contribution in [2.75, 3.05) is 11.9 Å². The summed E-state index contributed by atoms with van der Waals surface area (Å²) >= 11 is 1.38. The zero-order chi connectivity index (χ0) is 22.3. The molecule has 6 heteroatoms. The van der Waals surface area contributed by atoms with Crippen molar-refractivity contribution in [1.82, 2.24) is 4.98 Å². The molecule has 1 atom stereocenters. The maximum atomic E-state index is 12.6. The van der Waals surface area contributed by atoms with Crippen LogP contribution in [0, 0.1) is 0 Å². The largest absolute Gasteiger partial charge is 0.494 e. The highest BCUT2D eigenvalue weighted by molar-refractivity contribution is 7.14. The lowest BCUT2D eigenvalue weighted by atomic mass is 10.1. The van der Waals surface area contributed by atoms with Gasteiger partial charge in [0, 0.05) is 10.9 Å². The summed E-state index contributed by atoms with van der Waals surface area (Å²) in [6, 6.07) is 25.6. The van der Waals surface area contributed by atoms with Crippen LogP contribution in [0.5, 0.6) is 11.5 Å². The normalized spacial score (nSPS) is 11.6. The number of ether oxygens (including phenoxy) is 2. The molecule has 0 bridgehead atoms. The molecular weight excluding hydrogens is 420 g/mol. The van der Waals surface area contributed by atoms with E-state index in [1.807, 2.05) is 79.0 Å². The number of carbonyl (C=O) groups is 1. The van der Waals surface area contributed by atoms with Crippen LogP contribution in [0.3, 0.4) is 0 Å². The minimum Gasteiger partial charge on any atom is -0.494 e. The predicted octanol–water partition coefficient (Wildman–Crippen LogP) is 6.28. The maximum absolute atomic E-state index is 12.6. The molecule has 1 N–H and O–H groups in total. The molecule has 162 valence electrons. The second-order valence-corrected chi connectivity index (χ2v) is 7.99. The number of anilines is 1. The van der Waals surface area contributed by atoms with Gasteiger partial charge in [-0.2, -0.15) is 0 Å². The first-order valence-corrected chi connectivity index (χ1v) is 11.3. The quantitative estimate of drug-likeness (QED) is 0.347. The van der Waals surface area contributed by atoms with E-state index in [0.717, 1.165) is 28.1 Å². The van der Waals surface area contributed by atoms with Gasteiger partial charge in [-0.15, -0.1) is 11.3 Å². The second kappa shape index (κ2) is 10.1. The van der Waals surface area contributed by atoms with Crippen LogP contribution in [0.1, 0.15) is 13.8 Å². The first kappa shape index (κ1) is 21.6. The summed E-state index contributed by atoms with van der Waals surface area (Å²) in [5.74, 6) is 1.22. The van der Waals surface area contributed by atoms with E-state index in [1.54, 1.807) is 6.92 Å². The van der Waals surface area contributed by atoms with Crippen LogP contribution in [-0.2, 0) is 4.79 Å². The molecule has 0 saturated carbocycles. The molecule has 1 heterocycles. The number of thiazole rings is 1. The van der Waals surface area contributed by atoms with E-state index in [1.165, 1.54) is 11.3 Å². The number of nitrogens with zero attached hydrogens (tertiary/aromatic N) is 1. The van der Waals surface area contributed by atoms with Crippen LogP contribution in [0.15, 0.2) is 84.2 Å². The molecule has 0 saturated heterocycles. The zero-order valence-corrected chi connectivity index (χ0v) is 18.8. The Morgan fingerprint density at radius 1 is 0.906 bits per heavy atom. The lowest BCUT2D eigenvalue weighted by Crippen LogP contribution is -2.30. The van der Waals surface area contributed by atoms with Crippen LogP contribution < -0.4 is 14.8 Å². The third kappa shape index (κ3) is 5.34. The summed E-state index contributed by atoms with van der Waals surface area (Å²) in [6.07, 6.45) is -0.657. The van der Waals surface area contributed by atoms with Gasteiger partial charge < -0.3 is 9.47 Å². The van der Waals surface area contributed by atoms with E-state index in [9.17, 15) is 4.79 Å². The van der Waals surface area contributed by atoms with Gasteiger partial charge in [0.2, 0.25) is 0 Å². The smallest absolute Gasteiger partial charge is 0.266 e. The molecule has 0 radical (unpaired) electrons. The van der Waals surface area contributed by atoms with E-state index in [4.69, 9.17) is 9.47 Å². The molecule has 1 unspecified atom stereocenters. The van der Waals surface area contributed by atoms with Crippen LogP contribution in [0.25, 0.3) is 22.4 Å². The van der Waals surface area contributed by atoms with Crippen LogP contribution in [-0.4, -0.2) is 23.6 Å². The summed E-state index contributed by atoms with van der Waals surface area (Å²) in [5.41, 5.74) is 4.00. The number of nitrogens with one attached hydrogen (secondary N) is 1. The topological polar surface area (TPSA) is 60.5 Å². The average molecular weight is 445 g/mol. The summed E-state index contributed by atoms with van der Waals surface area (Å²) < 4.78 is 11.3. The first-order valence-electron chi connectivity index (χ1n) is 10.4. The Morgan fingerprint density at radius 3 is 2.22 bits per heavy atom. The van der Waals surface area contributed by atoms with Gasteiger partial charge in [0.25, 0.3) is 5.91 Å². The van der Waals surface area contributed by atoms with Gasteiger partial charge in [-0.05, 0) is 61.4 Å². The molecular formula is C26H24N2O3S. The standard InChI is InChI=1S/C26H24N2O3S/c1-3-30-22-13-11-21(12-14-22)24-17-32-26(27-24)28-25(29)18(2)31-23-15-9-20(10-16-23)19-7-5-4-6-8-19/h4-18H,3H2,1-2H3,(H,27,28,29). The average Bonchev–Trinajstić information content (AvgIpc) is 3.29. The lowest BCUT2D eigenvalue weighted by molar-refractivity contribution is -0.122. The molecule has 4 aromatic rings. The van der Waals surface area contributed by atoms with Crippen molar-refractivity contribution < 1.29 is 14.3 Å². The Bertz CT molecular complexity index is 1160. The van der Waals surface area contributed by atoms with Crippen molar-refractivity contribution in [3.05, 3.63) is 84.2 Å². The highest BCUT2D eigenvalue weighted by Crippen LogP contribution is 2.27. The zero-order valence-electron chi connectivity index (χ0n) is 17.9. The SMILES string of the molecule is CCOc1ccc(-c2csc(NC(=O)C(C)Oc3ccc(-c4ccccc4)cc3)n2)cc1. The summed E-state index contributed by atoms with van der Waals surface area (Å²) in [4.78, 5) is 17.1. The molecule has 0 spiro atoms. The molecule has 1 amide bonds.